The molecule has 0 aromatic carbocycles. The lowest BCUT2D eigenvalue weighted by molar-refractivity contribution is -0.111. The van der Waals surface area contributed by atoms with Crippen molar-refractivity contribution < 1.29 is 19.7 Å². The first-order chi connectivity index (χ1) is 10.3. The monoisotopic (exact) mass is 314 g/mol. The first-order valence-electron chi connectivity index (χ1n) is 7.14. The molecular weight excluding hydrogens is 292 g/mol. The Morgan fingerprint density at radius 3 is 2.77 bits per heavy atom. The highest BCUT2D eigenvalue weighted by Crippen LogP contribution is 2.44. The van der Waals surface area contributed by atoms with E-state index >= 15 is 0 Å². The number of methoxy groups -OCH3 is 1. The van der Waals surface area contributed by atoms with Crippen LogP contribution in [0.3, 0.4) is 0 Å². The molecule has 2 rings (SSSR count). The Morgan fingerprint density at radius 1 is 1.50 bits per heavy atom. The molecule has 2 heterocycles. The molecule has 1 aliphatic heterocycles. The Kier molecular flexibility index (Phi) is 4.86. The molecule has 0 bridgehead atoms. The normalized spacial score (nSPS) is 31.6. The summed E-state index contributed by atoms with van der Waals surface area (Å²) in [5.41, 5.74) is -2.20. The zero-order valence-corrected chi connectivity index (χ0v) is 12.9. The summed E-state index contributed by atoms with van der Waals surface area (Å²) in [6.45, 7) is 3.31. The van der Waals surface area contributed by atoms with Gasteiger partial charge in [0.25, 0.3) is 5.56 Å². The summed E-state index contributed by atoms with van der Waals surface area (Å²) < 4.78 is 11.9. The van der Waals surface area contributed by atoms with Crippen LogP contribution >= 0.6 is 0 Å². The van der Waals surface area contributed by atoms with E-state index in [1.165, 1.54) is 17.9 Å². The van der Waals surface area contributed by atoms with Crippen molar-refractivity contribution in [3.63, 3.8) is 0 Å². The van der Waals surface area contributed by atoms with Gasteiger partial charge in [0.2, 0.25) is 0 Å². The lowest BCUT2D eigenvalue weighted by Crippen LogP contribution is -2.46. The topological polar surface area (TPSA) is 114 Å². The number of rotatable bonds is 5. The molecule has 0 aliphatic carbocycles. The van der Waals surface area contributed by atoms with Crippen LogP contribution in [-0.2, 0) is 9.47 Å². The molecule has 0 radical (unpaired) electrons. The van der Waals surface area contributed by atoms with Crippen LogP contribution in [0.1, 0.15) is 25.1 Å². The second kappa shape index (κ2) is 6.33. The maximum atomic E-state index is 12.1. The van der Waals surface area contributed by atoms with Gasteiger partial charge in [-0.1, -0.05) is 6.92 Å². The third kappa shape index (κ3) is 2.74. The van der Waals surface area contributed by atoms with Crippen LogP contribution in [0.5, 0.6) is 0 Å². The van der Waals surface area contributed by atoms with Crippen molar-refractivity contribution in [1.29, 1.82) is 0 Å². The van der Waals surface area contributed by atoms with E-state index in [1.807, 2.05) is 0 Å². The molecular formula is C14H22N2O6. The third-order valence-electron chi connectivity index (χ3n) is 4.36. The predicted molar refractivity (Wildman–Crippen MR) is 77.7 cm³/mol. The van der Waals surface area contributed by atoms with Gasteiger partial charge in [0.1, 0.15) is 5.60 Å². The van der Waals surface area contributed by atoms with Gasteiger partial charge < -0.3 is 19.7 Å². The maximum absolute atomic E-state index is 12.1. The Balaban J connectivity index is 2.49. The van der Waals surface area contributed by atoms with Crippen molar-refractivity contribution in [2.45, 2.75) is 38.2 Å². The maximum Gasteiger partial charge on any atom is 0.330 e. The van der Waals surface area contributed by atoms with Crippen molar-refractivity contribution >= 4 is 0 Å². The van der Waals surface area contributed by atoms with E-state index in [9.17, 15) is 19.8 Å². The van der Waals surface area contributed by atoms with Gasteiger partial charge in [-0.2, -0.15) is 0 Å². The molecule has 1 saturated heterocycles. The van der Waals surface area contributed by atoms with Gasteiger partial charge in [-0.3, -0.25) is 14.3 Å². The van der Waals surface area contributed by atoms with Gasteiger partial charge in [0.05, 0.1) is 12.7 Å². The zero-order chi connectivity index (χ0) is 16.5. The molecule has 22 heavy (non-hydrogen) atoms. The summed E-state index contributed by atoms with van der Waals surface area (Å²) in [6, 6.07) is 0. The van der Waals surface area contributed by atoms with Crippen LogP contribution in [0.2, 0.25) is 0 Å². The SMILES string of the molecule is COCC[C@@]1(O)C(C)[C@@H](CO)O[C@H]1n1cc(C)c(=O)[nH]c1=O. The highest BCUT2D eigenvalue weighted by Gasteiger charge is 2.54. The van der Waals surface area contributed by atoms with Gasteiger partial charge >= 0.3 is 5.69 Å². The smallest absolute Gasteiger partial charge is 0.330 e. The highest BCUT2D eigenvalue weighted by molar-refractivity contribution is 5.06. The number of aryl methyl sites for hydroxylation is 1. The number of hydrogen-bond acceptors (Lipinski definition) is 6. The fourth-order valence-corrected chi connectivity index (χ4v) is 2.83. The first-order valence-corrected chi connectivity index (χ1v) is 7.14. The van der Waals surface area contributed by atoms with Crippen LogP contribution in [0.25, 0.3) is 0 Å². The Bertz CT molecular complexity index is 639. The molecule has 124 valence electrons. The summed E-state index contributed by atoms with van der Waals surface area (Å²) in [7, 11) is 1.51. The summed E-state index contributed by atoms with van der Waals surface area (Å²) in [6.07, 6.45) is -0.0177. The van der Waals surface area contributed by atoms with Crippen LogP contribution in [0, 0.1) is 12.8 Å². The van der Waals surface area contributed by atoms with Crippen LogP contribution in [-0.4, -0.2) is 51.8 Å². The van der Waals surface area contributed by atoms with Crippen LogP contribution in [0.4, 0.5) is 0 Å². The summed E-state index contributed by atoms with van der Waals surface area (Å²) in [5.74, 6) is -0.406. The van der Waals surface area contributed by atoms with E-state index in [0.717, 1.165) is 0 Å². The Labute approximate surface area is 127 Å². The fourth-order valence-electron chi connectivity index (χ4n) is 2.83. The molecule has 0 amide bonds. The number of aliphatic hydroxyl groups excluding tert-OH is 1. The van der Waals surface area contributed by atoms with Crippen LogP contribution < -0.4 is 11.2 Å². The molecule has 1 aromatic heterocycles. The molecule has 0 saturated carbocycles. The van der Waals surface area contributed by atoms with Crippen molar-refractivity contribution in [3.8, 4) is 0 Å². The second-order valence-corrected chi connectivity index (χ2v) is 5.71. The number of aromatic nitrogens is 2. The van der Waals surface area contributed by atoms with E-state index < -0.39 is 35.1 Å². The Morgan fingerprint density at radius 2 is 2.18 bits per heavy atom. The molecule has 1 aromatic rings. The minimum absolute atomic E-state index is 0.233. The number of H-pyrrole nitrogens is 1. The van der Waals surface area contributed by atoms with Gasteiger partial charge in [-0.15, -0.1) is 0 Å². The summed E-state index contributed by atoms with van der Waals surface area (Å²) in [4.78, 5) is 25.8. The number of hydrogen-bond donors (Lipinski definition) is 3. The van der Waals surface area contributed by atoms with E-state index in [2.05, 4.69) is 4.98 Å². The van der Waals surface area contributed by atoms with Gasteiger partial charge in [-0.25, -0.2) is 4.79 Å². The highest BCUT2D eigenvalue weighted by atomic mass is 16.5. The lowest BCUT2D eigenvalue weighted by atomic mass is 9.83. The standard InChI is InChI=1S/C14H22N2O6/c1-8-6-16(13(19)15-11(8)18)12-14(20,4-5-21-3)9(2)10(7-17)22-12/h6,9-10,12,17,20H,4-5,7H2,1-3H3,(H,15,18,19)/t9?,10-,12-,14-/m1/s1. The van der Waals surface area contributed by atoms with Gasteiger partial charge in [0.15, 0.2) is 6.23 Å². The quantitative estimate of drug-likeness (QED) is 0.651. The van der Waals surface area contributed by atoms with E-state index in [0.29, 0.717) is 5.56 Å². The van der Waals surface area contributed by atoms with E-state index in [4.69, 9.17) is 9.47 Å². The number of nitrogens with one attached hydrogen (secondary N) is 1. The van der Waals surface area contributed by atoms with Gasteiger partial charge in [-0.05, 0) is 6.92 Å². The number of ether oxygens (including phenoxy) is 2. The Hall–Kier alpha value is -1.48. The minimum atomic E-state index is -1.39. The van der Waals surface area contributed by atoms with Crippen molar-refractivity contribution in [2.75, 3.05) is 20.3 Å². The van der Waals surface area contributed by atoms with Gasteiger partial charge in [0, 0.05) is 37.8 Å². The van der Waals surface area contributed by atoms with E-state index in [1.54, 1.807) is 13.8 Å². The summed E-state index contributed by atoms with van der Waals surface area (Å²) >= 11 is 0. The first kappa shape index (κ1) is 16.9. The number of nitrogens with zero attached hydrogens (tertiary/aromatic N) is 1. The van der Waals surface area contributed by atoms with E-state index in [-0.39, 0.29) is 19.6 Å². The average molecular weight is 314 g/mol. The van der Waals surface area contributed by atoms with Crippen molar-refractivity contribution in [3.05, 3.63) is 32.6 Å². The van der Waals surface area contributed by atoms with Crippen molar-refractivity contribution in [1.82, 2.24) is 9.55 Å². The summed E-state index contributed by atoms with van der Waals surface area (Å²) in [5, 5.41) is 20.4. The molecule has 8 nitrogen and oxygen atoms in total. The molecule has 1 unspecified atom stereocenters. The molecule has 4 atom stereocenters. The number of aliphatic hydroxyl groups is 2. The van der Waals surface area contributed by atoms with Crippen molar-refractivity contribution in [2.24, 2.45) is 5.92 Å². The lowest BCUT2D eigenvalue weighted by Gasteiger charge is -2.32. The third-order valence-corrected chi connectivity index (χ3v) is 4.36. The number of aromatic amines is 1. The minimum Gasteiger partial charge on any atom is -0.394 e. The fraction of sp³-hybridized carbons (Fsp3) is 0.714. The largest absolute Gasteiger partial charge is 0.394 e. The average Bonchev–Trinajstić information content (AvgIpc) is 2.73. The molecule has 8 heteroatoms. The second-order valence-electron chi connectivity index (χ2n) is 5.71. The zero-order valence-electron chi connectivity index (χ0n) is 12.9. The molecule has 1 fully saturated rings. The molecule has 1 aliphatic rings. The molecule has 3 N–H and O–H groups in total. The van der Waals surface area contributed by atoms with Crippen LogP contribution in [0.15, 0.2) is 15.8 Å². The predicted octanol–water partition coefficient (Wildman–Crippen LogP) is -0.862. The molecule has 0 spiro atoms.